The molecule has 0 aromatic heterocycles. The molecule has 3 aliphatic carbocycles. The Labute approximate surface area is 157 Å². The quantitative estimate of drug-likeness (QED) is 0.685. The molecule has 3 aliphatic rings. The summed E-state index contributed by atoms with van der Waals surface area (Å²) < 4.78 is 11.1. The van der Waals surface area contributed by atoms with E-state index >= 15 is 0 Å². The predicted octanol–water partition coefficient (Wildman–Crippen LogP) is 3.50. The van der Waals surface area contributed by atoms with Crippen molar-refractivity contribution in [1.82, 2.24) is 4.90 Å². The SMILES string of the molecule is COc1cccc(CN(C)C[C@H](O)COCC2=CC[C@H]3C[C@H]2C3(C)C)c1. The molecule has 4 rings (SSSR count). The summed E-state index contributed by atoms with van der Waals surface area (Å²) in [4.78, 5) is 2.11. The summed E-state index contributed by atoms with van der Waals surface area (Å²) in [5.41, 5.74) is 3.05. The lowest BCUT2D eigenvalue weighted by atomic mass is 9.49. The van der Waals surface area contributed by atoms with Gasteiger partial charge in [0, 0.05) is 13.1 Å². The maximum absolute atomic E-state index is 10.3. The number of allylic oxidation sites excluding steroid dienone is 1. The molecule has 1 aromatic carbocycles. The third-order valence-corrected chi connectivity index (χ3v) is 6.27. The smallest absolute Gasteiger partial charge is 0.119 e. The second kappa shape index (κ2) is 8.12. The first kappa shape index (κ1) is 19.4. The van der Waals surface area contributed by atoms with E-state index in [-0.39, 0.29) is 0 Å². The monoisotopic (exact) mass is 359 g/mol. The highest BCUT2D eigenvalue weighted by Crippen LogP contribution is 2.59. The number of benzene rings is 1. The molecule has 0 amide bonds. The second-order valence-corrected chi connectivity index (χ2v) is 8.54. The molecule has 1 fully saturated rings. The van der Waals surface area contributed by atoms with E-state index in [0.717, 1.165) is 18.2 Å². The van der Waals surface area contributed by atoms with Crippen LogP contribution in [0.3, 0.4) is 0 Å². The van der Waals surface area contributed by atoms with Gasteiger partial charge in [-0.3, -0.25) is 4.90 Å². The highest BCUT2D eigenvalue weighted by atomic mass is 16.5. The third-order valence-electron chi connectivity index (χ3n) is 6.27. The van der Waals surface area contributed by atoms with Crippen LogP contribution in [0.2, 0.25) is 0 Å². The fourth-order valence-electron chi connectivity index (χ4n) is 4.51. The van der Waals surface area contributed by atoms with Crippen LogP contribution in [0.1, 0.15) is 32.3 Å². The number of rotatable bonds is 9. The molecule has 0 radical (unpaired) electrons. The molecule has 0 saturated heterocycles. The Balaban J connectivity index is 1.38. The minimum Gasteiger partial charge on any atom is -0.497 e. The molecule has 4 nitrogen and oxygen atoms in total. The fourth-order valence-corrected chi connectivity index (χ4v) is 4.51. The molecule has 1 saturated carbocycles. The highest BCUT2D eigenvalue weighted by Gasteiger charge is 2.50. The average molecular weight is 360 g/mol. The molecular formula is C22H33NO3. The lowest BCUT2D eigenvalue weighted by Crippen LogP contribution is -2.48. The first-order valence-electron chi connectivity index (χ1n) is 9.66. The van der Waals surface area contributed by atoms with Crippen LogP contribution in [0.4, 0.5) is 0 Å². The Morgan fingerprint density at radius 1 is 1.35 bits per heavy atom. The molecule has 1 aromatic rings. The van der Waals surface area contributed by atoms with Crippen LogP contribution in [0.5, 0.6) is 5.75 Å². The van der Waals surface area contributed by atoms with Gasteiger partial charge in [0.05, 0.1) is 26.4 Å². The van der Waals surface area contributed by atoms with Gasteiger partial charge in [-0.05, 0) is 60.4 Å². The van der Waals surface area contributed by atoms with Crippen molar-refractivity contribution in [2.24, 2.45) is 17.3 Å². The van der Waals surface area contributed by atoms with E-state index in [1.807, 2.05) is 25.2 Å². The van der Waals surface area contributed by atoms with E-state index in [9.17, 15) is 5.11 Å². The third kappa shape index (κ3) is 4.30. The van der Waals surface area contributed by atoms with Gasteiger partial charge in [-0.2, -0.15) is 0 Å². The normalized spacial score (nSPS) is 24.8. The van der Waals surface area contributed by atoms with Crippen LogP contribution in [0.25, 0.3) is 0 Å². The van der Waals surface area contributed by atoms with Crippen LogP contribution in [0.15, 0.2) is 35.9 Å². The number of ether oxygens (including phenoxy) is 2. The minimum atomic E-state index is -0.475. The molecule has 0 spiro atoms. The molecule has 144 valence electrons. The van der Waals surface area contributed by atoms with Gasteiger partial charge in [0.15, 0.2) is 0 Å². The highest BCUT2D eigenvalue weighted by molar-refractivity contribution is 5.28. The number of aliphatic hydroxyl groups excluding tert-OH is 1. The number of nitrogens with zero attached hydrogens (tertiary/aromatic N) is 1. The standard InChI is InChI=1S/C22H33NO3/c1-22(2)18-9-8-17(21(22)11-18)14-26-15-19(24)13-23(3)12-16-6-5-7-20(10-16)25-4/h5-8,10,18-19,21,24H,9,11-15H2,1-4H3/t18-,19-,21+/m0/s1. The summed E-state index contributed by atoms with van der Waals surface area (Å²) >= 11 is 0. The minimum absolute atomic E-state index is 0.385. The molecule has 4 heteroatoms. The molecular weight excluding hydrogens is 326 g/mol. The zero-order chi connectivity index (χ0) is 18.7. The second-order valence-electron chi connectivity index (χ2n) is 8.54. The lowest BCUT2D eigenvalue weighted by Gasteiger charge is -2.56. The van der Waals surface area contributed by atoms with E-state index in [1.54, 1.807) is 7.11 Å². The van der Waals surface area contributed by atoms with Gasteiger partial charge in [-0.15, -0.1) is 0 Å². The summed E-state index contributed by atoms with van der Waals surface area (Å²) in [6.45, 7) is 7.17. The van der Waals surface area contributed by atoms with Crippen LogP contribution < -0.4 is 4.74 Å². The van der Waals surface area contributed by atoms with Crippen molar-refractivity contribution < 1.29 is 14.6 Å². The molecule has 2 bridgehead atoms. The number of hydrogen-bond acceptors (Lipinski definition) is 4. The van der Waals surface area contributed by atoms with Gasteiger partial charge in [-0.25, -0.2) is 0 Å². The summed E-state index contributed by atoms with van der Waals surface area (Å²) in [6.07, 6.45) is 4.39. The topological polar surface area (TPSA) is 41.9 Å². The first-order chi connectivity index (χ1) is 12.4. The van der Waals surface area contributed by atoms with E-state index in [4.69, 9.17) is 9.47 Å². The maximum atomic E-state index is 10.3. The number of fused-ring (bicyclic) bond motifs is 1. The zero-order valence-electron chi connectivity index (χ0n) is 16.6. The lowest BCUT2D eigenvalue weighted by molar-refractivity contribution is -0.0257. The fraction of sp³-hybridized carbons (Fsp3) is 0.636. The van der Waals surface area contributed by atoms with Gasteiger partial charge in [-0.1, -0.05) is 32.1 Å². The van der Waals surface area contributed by atoms with Gasteiger partial charge >= 0.3 is 0 Å². The Bertz CT molecular complexity index is 640. The maximum Gasteiger partial charge on any atom is 0.119 e. The van der Waals surface area contributed by atoms with Crippen molar-refractivity contribution in [1.29, 1.82) is 0 Å². The van der Waals surface area contributed by atoms with Gasteiger partial charge < -0.3 is 14.6 Å². The average Bonchev–Trinajstić information content (AvgIpc) is 2.61. The Morgan fingerprint density at radius 2 is 2.15 bits per heavy atom. The molecule has 0 aliphatic heterocycles. The van der Waals surface area contributed by atoms with Crippen molar-refractivity contribution in [3.8, 4) is 5.75 Å². The number of likely N-dealkylation sites (N-methyl/N-ethyl adjacent to an activating group) is 1. The van der Waals surface area contributed by atoms with Gasteiger partial charge in [0.2, 0.25) is 0 Å². The Hall–Kier alpha value is -1.36. The number of methoxy groups -OCH3 is 1. The molecule has 0 heterocycles. The Kier molecular flexibility index (Phi) is 6.06. The van der Waals surface area contributed by atoms with E-state index in [1.165, 1.54) is 24.0 Å². The van der Waals surface area contributed by atoms with E-state index in [2.05, 4.69) is 30.9 Å². The van der Waals surface area contributed by atoms with Crippen LogP contribution >= 0.6 is 0 Å². The summed E-state index contributed by atoms with van der Waals surface area (Å²) in [7, 11) is 3.69. The van der Waals surface area contributed by atoms with Gasteiger partial charge in [0.1, 0.15) is 5.75 Å². The predicted molar refractivity (Wildman–Crippen MR) is 104 cm³/mol. The van der Waals surface area contributed by atoms with Crippen LogP contribution in [-0.2, 0) is 11.3 Å². The summed E-state index contributed by atoms with van der Waals surface area (Å²) in [5, 5.41) is 10.3. The first-order valence-corrected chi connectivity index (χ1v) is 9.66. The van der Waals surface area contributed by atoms with E-state index in [0.29, 0.717) is 31.1 Å². The molecule has 26 heavy (non-hydrogen) atoms. The van der Waals surface area contributed by atoms with Crippen molar-refractivity contribution in [2.75, 3.05) is 33.9 Å². The van der Waals surface area contributed by atoms with Crippen molar-refractivity contribution in [3.63, 3.8) is 0 Å². The Morgan fingerprint density at radius 3 is 2.85 bits per heavy atom. The van der Waals surface area contributed by atoms with Crippen molar-refractivity contribution in [3.05, 3.63) is 41.5 Å². The zero-order valence-corrected chi connectivity index (χ0v) is 16.6. The number of aliphatic hydroxyl groups is 1. The summed E-state index contributed by atoms with van der Waals surface area (Å²) in [6, 6.07) is 8.04. The van der Waals surface area contributed by atoms with Crippen LogP contribution in [0, 0.1) is 17.3 Å². The largest absolute Gasteiger partial charge is 0.497 e. The van der Waals surface area contributed by atoms with Crippen molar-refractivity contribution in [2.45, 2.75) is 39.3 Å². The van der Waals surface area contributed by atoms with Crippen LogP contribution in [-0.4, -0.2) is 50.0 Å². The summed E-state index contributed by atoms with van der Waals surface area (Å²) in [5.74, 6) is 2.39. The molecule has 0 unspecified atom stereocenters. The van der Waals surface area contributed by atoms with Crippen molar-refractivity contribution >= 4 is 0 Å². The molecule has 3 atom stereocenters. The van der Waals surface area contributed by atoms with Gasteiger partial charge in [0.25, 0.3) is 0 Å². The number of hydrogen-bond donors (Lipinski definition) is 1. The molecule has 1 N–H and O–H groups in total. The van der Waals surface area contributed by atoms with E-state index < -0.39 is 6.10 Å².